The fourth-order valence-electron chi connectivity index (χ4n) is 3.10. The molecule has 0 fully saturated rings. The number of aryl methyl sites for hydroxylation is 2. The molecule has 2 N–H and O–H groups in total. The quantitative estimate of drug-likeness (QED) is 0.502. The molecule has 22 heavy (non-hydrogen) atoms. The van der Waals surface area contributed by atoms with Gasteiger partial charge in [0.15, 0.2) is 0 Å². The van der Waals surface area contributed by atoms with Gasteiger partial charge in [0.05, 0.1) is 5.52 Å². The van der Waals surface area contributed by atoms with E-state index < -0.39 is 0 Å². The van der Waals surface area contributed by atoms with Gasteiger partial charge in [-0.15, -0.1) is 0 Å². The number of aliphatic hydroxyl groups is 1. The molecule has 0 unspecified atom stereocenters. The molecule has 4 aromatic rings. The normalized spacial score (nSPS) is 10.9. The van der Waals surface area contributed by atoms with E-state index in [1.807, 2.05) is 12.4 Å². The van der Waals surface area contributed by atoms with Gasteiger partial charge >= 0.3 is 0 Å². The average Bonchev–Trinajstić information content (AvgIpc) is 2.93. The third-order valence-electron chi connectivity index (χ3n) is 4.09. The van der Waals surface area contributed by atoms with Crippen LogP contribution in [0.15, 0.2) is 42.7 Å². The van der Waals surface area contributed by atoms with Crippen molar-refractivity contribution in [2.24, 2.45) is 0 Å². The van der Waals surface area contributed by atoms with E-state index in [1.165, 1.54) is 43.7 Å². The van der Waals surface area contributed by atoms with E-state index in [2.05, 4.69) is 54.1 Å². The highest BCUT2D eigenvalue weighted by Gasteiger charge is 2.13. The highest BCUT2D eigenvalue weighted by Crippen LogP contribution is 2.35. The van der Waals surface area contributed by atoms with E-state index in [4.69, 9.17) is 5.11 Å². The molecule has 3 nitrogen and oxygen atoms in total. The van der Waals surface area contributed by atoms with Gasteiger partial charge in [-0.25, -0.2) is 0 Å². The van der Waals surface area contributed by atoms with Crippen LogP contribution in [-0.4, -0.2) is 21.7 Å². The van der Waals surface area contributed by atoms with Crippen LogP contribution >= 0.6 is 0 Å². The molecular weight excluding hydrogens is 272 g/mol. The van der Waals surface area contributed by atoms with Gasteiger partial charge in [-0.05, 0) is 49.4 Å². The van der Waals surface area contributed by atoms with Crippen molar-refractivity contribution < 1.29 is 5.11 Å². The fraction of sp³-hybridized carbons (Fsp3) is 0.211. The summed E-state index contributed by atoms with van der Waals surface area (Å²) in [7, 11) is 0. The molecule has 112 valence electrons. The molecule has 2 aromatic heterocycles. The Kier molecular flexibility index (Phi) is 3.82. The van der Waals surface area contributed by atoms with Crippen LogP contribution < -0.4 is 0 Å². The van der Waals surface area contributed by atoms with Crippen molar-refractivity contribution in [1.82, 2.24) is 9.97 Å². The SMILES string of the molecule is CCO.Cc1c2ccncc2c(C)c2c1[nH]c1ccccc12. The van der Waals surface area contributed by atoms with Crippen LogP contribution in [0.3, 0.4) is 0 Å². The van der Waals surface area contributed by atoms with Crippen LogP contribution in [0.25, 0.3) is 32.6 Å². The molecule has 0 saturated carbocycles. The molecule has 2 heterocycles. The predicted octanol–water partition coefficient (Wildman–Crippen LogP) is 4.48. The maximum Gasteiger partial charge on any atom is 0.0503 e. The number of nitrogens with zero attached hydrogens (tertiary/aromatic N) is 1. The second-order valence-electron chi connectivity index (χ2n) is 5.41. The lowest BCUT2D eigenvalue weighted by molar-refractivity contribution is 0.318. The van der Waals surface area contributed by atoms with E-state index in [-0.39, 0.29) is 6.61 Å². The Hall–Kier alpha value is -2.39. The Morgan fingerprint density at radius 3 is 2.50 bits per heavy atom. The molecule has 3 heteroatoms. The number of hydrogen-bond acceptors (Lipinski definition) is 2. The maximum atomic E-state index is 7.57. The molecule has 0 atom stereocenters. The van der Waals surface area contributed by atoms with Crippen LogP contribution in [0.5, 0.6) is 0 Å². The number of H-pyrrole nitrogens is 1. The lowest BCUT2D eigenvalue weighted by Gasteiger charge is -2.08. The number of benzene rings is 2. The number of nitrogens with one attached hydrogen (secondary N) is 1. The molecule has 0 aliphatic rings. The van der Waals surface area contributed by atoms with E-state index in [0.29, 0.717) is 0 Å². The summed E-state index contributed by atoms with van der Waals surface area (Å²) in [5.74, 6) is 0. The Balaban J connectivity index is 0.000000446. The molecule has 0 amide bonds. The minimum absolute atomic E-state index is 0.250. The highest BCUT2D eigenvalue weighted by atomic mass is 16.2. The van der Waals surface area contributed by atoms with Crippen molar-refractivity contribution in [2.75, 3.05) is 6.61 Å². The predicted molar refractivity (Wildman–Crippen MR) is 93.3 cm³/mol. The average molecular weight is 292 g/mol. The number of aromatic nitrogens is 2. The minimum Gasteiger partial charge on any atom is -0.397 e. The second kappa shape index (κ2) is 5.78. The summed E-state index contributed by atoms with van der Waals surface area (Å²) in [6.07, 6.45) is 3.84. The van der Waals surface area contributed by atoms with Gasteiger partial charge in [0.2, 0.25) is 0 Å². The van der Waals surface area contributed by atoms with Crippen molar-refractivity contribution in [3.63, 3.8) is 0 Å². The standard InChI is InChI=1S/C17H14N2.C2H6O/c1-10-14-9-18-8-7-12(14)11(2)17-16(10)13-5-3-4-6-15(13)19-17;1-2-3/h3-9,19H,1-2H3;3H,2H2,1H3. The molecule has 0 saturated heterocycles. The van der Waals surface area contributed by atoms with Crippen LogP contribution in [0.4, 0.5) is 0 Å². The molecule has 0 bridgehead atoms. The first kappa shape index (κ1) is 14.5. The summed E-state index contributed by atoms with van der Waals surface area (Å²) in [6, 6.07) is 10.6. The lowest BCUT2D eigenvalue weighted by Crippen LogP contribution is -1.87. The number of aromatic amines is 1. The van der Waals surface area contributed by atoms with Crippen molar-refractivity contribution >= 4 is 32.6 Å². The van der Waals surface area contributed by atoms with Crippen molar-refractivity contribution in [1.29, 1.82) is 0 Å². The van der Waals surface area contributed by atoms with Crippen LogP contribution in [0.1, 0.15) is 18.1 Å². The third-order valence-corrected chi connectivity index (χ3v) is 4.09. The monoisotopic (exact) mass is 292 g/mol. The van der Waals surface area contributed by atoms with E-state index in [9.17, 15) is 0 Å². The summed E-state index contributed by atoms with van der Waals surface area (Å²) in [5, 5.41) is 12.7. The van der Waals surface area contributed by atoms with Crippen LogP contribution in [-0.2, 0) is 0 Å². The highest BCUT2D eigenvalue weighted by molar-refractivity contribution is 6.16. The smallest absolute Gasteiger partial charge is 0.0503 e. The van der Waals surface area contributed by atoms with Crippen LogP contribution in [0, 0.1) is 13.8 Å². The third kappa shape index (κ3) is 2.14. The zero-order chi connectivity index (χ0) is 15.7. The van der Waals surface area contributed by atoms with Gasteiger partial charge in [0.1, 0.15) is 0 Å². The van der Waals surface area contributed by atoms with Crippen LogP contribution in [0.2, 0.25) is 0 Å². The van der Waals surface area contributed by atoms with E-state index in [1.54, 1.807) is 6.92 Å². The van der Waals surface area contributed by atoms with E-state index >= 15 is 0 Å². The number of pyridine rings is 1. The van der Waals surface area contributed by atoms with Crippen molar-refractivity contribution in [3.8, 4) is 0 Å². The van der Waals surface area contributed by atoms with Gasteiger partial charge < -0.3 is 10.1 Å². The molecule has 0 radical (unpaired) electrons. The van der Waals surface area contributed by atoms with Gasteiger partial charge in [0.25, 0.3) is 0 Å². The Labute approximate surface area is 129 Å². The summed E-state index contributed by atoms with van der Waals surface area (Å²) in [4.78, 5) is 7.83. The molecule has 0 aliphatic heterocycles. The van der Waals surface area contributed by atoms with Crippen molar-refractivity contribution in [3.05, 3.63) is 53.9 Å². The summed E-state index contributed by atoms with van der Waals surface area (Å²) in [6.45, 7) is 6.30. The molecule has 0 spiro atoms. The van der Waals surface area contributed by atoms with E-state index in [0.717, 1.165) is 0 Å². The molecule has 2 aromatic carbocycles. The fourth-order valence-corrected chi connectivity index (χ4v) is 3.10. The topological polar surface area (TPSA) is 48.9 Å². The number of para-hydroxylation sites is 1. The largest absolute Gasteiger partial charge is 0.397 e. The Bertz CT molecular complexity index is 954. The van der Waals surface area contributed by atoms with Crippen molar-refractivity contribution in [2.45, 2.75) is 20.8 Å². The van der Waals surface area contributed by atoms with Gasteiger partial charge in [-0.3, -0.25) is 4.98 Å². The Morgan fingerprint density at radius 2 is 1.73 bits per heavy atom. The zero-order valence-corrected chi connectivity index (χ0v) is 13.1. The molecule has 4 rings (SSSR count). The second-order valence-corrected chi connectivity index (χ2v) is 5.41. The number of hydrogen-bond donors (Lipinski definition) is 2. The van der Waals surface area contributed by atoms with Gasteiger partial charge in [0, 0.05) is 40.7 Å². The maximum absolute atomic E-state index is 7.57. The zero-order valence-electron chi connectivity index (χ0n) is 13.1. The Morgan fingerprint density at radius 1 is 1.00 bits per heavy atom. The summed E-state index contributed by atoms with van der Waals surface area (Å²) < 4.78 is 0. The first-order valence-corrected chi connectivity index (χ1v) is 7.53. The number of aliphatic hydroxyl groups excluding tert-OH is 1. The first-order chi connectivity index (χ1) is 10.7. The molecule has 0 aliphatic carbocycles. The summed E-state index contributed by atoms with van der Waals surface area (Å²) in [5.41, 5.74) is 5.06. The lowest BCUT2D eigenvalue weighted by atomic mass is 9.97. The summed E-state index contributed by atoms with van der Waals surface area (Å²) >= 11 is 0. The first-order valence-electron chi connectivity index (χ1n) is 7.53. The number of fused-ring (bicyclic) bond motifs is 4. The number of rotatable bonds is 0. The minimum atomic E-state index is 0.250. The van der Waals surface area contributed by atoms with Gasteiger partial charge in [-0.2, -0.15) is 0 Å². The van der Waals surface area contributed by atoms with Gasteiger partial charge in [-0.1, -0.05) is 18.2 Å². The molecular formula is C19H20N2O.